The van der Waals surface area contributed by atoms with Crippen LogP contribution in [0.2, 0.25) is 0 Å². The smallest absolute Gasteiger partial charge is 0.269 e. The minimum atomic E-state index is -0.475. The summed E-state index contributed by atoms with van der Waals surface area (Å²) < 4.78 is 7.81. The molecule has 0 saturated carbocycles. The van der Waals surface area contributed by atoms with Gasteiger partial charge < -0.3 is 10.1 Å². The van der Waals surface area contributed by atoms with Gasteiger partial charge in [0.15, 0.2) is 11.0 Å². The minimum Gasteiger partial charge on any atom is -0.376 e. The highest BCUT2D eigenvalue weighted by atomic mass is 32.2. The van der Waals surface area contributed by atoms with Gasteiger partial charge in [-0.05, 0) is 50.5 Å². The fourth-order valence-corrected chi connectivity index (χ4v) is 4.45. The average molecular weight is 469 g/mol. The van der Waals surface area contributed by atoms with Crippen LogP contribution in [0.15, 0.2) is 47.9 Å². The molecule has 1 N–H and O–H groups in total. The van der Waals surface area contributed by atoms with Crippen molar-refractivity contribution in [3.63, 3.8) is 0 Å². The number of hydrogen-bond donors (Lipinski definition) is 1. The van der Waals surface area contributed by atoms with Gasteiger partial charge in [0.05, 0.1) is 22.8 Å². The molecule has 1 aromatic carbocycles. The summed E-state index contributed by atoms with van der Waals surface area (Å²) in [5.74, 6) is 0.475. The minimum absolute atomic E-state index is 0.0150. The first kappa shape index (κ1) is 22.9. The number of nitrogens with zero attached hydrogens (tertiary/aromatic N) is 5. The maximum absolute atomic E-state index is 12.9. The van der Waals surface area contributed by atoms with Crippen LogP contribution in [-0.2, 0) is 16.1 Å². The normalized spacial score (nSPS) is 16.5. The van der Waals surface area contributed by atoms with E-state index in [1.54, 1.807) is 32.3 Å². The third-order valence-electron chi connectivity index (χ3n) is 5.40. The number of anilines is 1. The van der Waals surface area contributed by atoms with E-state index < -0.39 is 10.2 Å². The van der Waals surface area contributed by atoms with Crippen molar-refractivity contribution in [1.29, 1.82) is 0 Å². The van der Waals surface area contributed by atoms with Gasteiger partial charge in [-0.15, -0.1) is 10.2 Å². The lowest BCUT2D eigenvalue weighted by Crippen LogP contribution is -2.24. The van der Waals surface area contributed by atoms with Gasteiger partial charge in [0, 0.05) is 42.4 Å². The summed E-state index contributed by atoms with van der Waals surface area (Å²) in [7, 11) is 0. The SMILES string of the molecule is Cc1cc([N+](=O)[O-])ccc1NC(=O)[C@H](C)Sc1nnc(-c2ccncc2)n1C[C@H]1CCCO1. The van der Waals surface area contributed by atoms with E-state index in [1.807, 2.05) is 16.7 Å². The van der Waals surface area contributed by atoms with Crippen LogP contribution in [0.25, 0.3) is 11.4 Å². The number of carbonyl (C=O) groups excluding carboxylic acids is 1. The molecule has 1 fully saturated rings. The van der Waals surface area contributed by atoms with Gasteiger partial charge in [-0.1, -0.05) is 11.8 Å². The fourth-order valence-electron chi connectivity index (χ4n) is 3.59. The summed E-state index contributed by atoms with van der Waals surface area (Å²) in [6.07, 6.45) is 5.47. The molecule has 0 unspecified atom stereocenters. The zero-order chi connectivity index (χ0) is 23.4. The first-order valence-corrected chi connectivity index (χ1v) is 11.5. The molecule has 10 nitrogen and oxygen atoms in total. The molecule has 4 rings (SSSR count). The quantitative estimate of drug-likeness (QED) is 0.300. The molecular weight excluding hydrogens is 444 g/mol. The summed E-state index contributed by atoms with van der Waals surface area (Å²) in [6, 6.07) is 8.10. The first-order chi connectivity index (χ1) is 15.9. The first-order valence-electron chi connectivity index (χ1n) is 10.6. The number of nitro groups is 1. The van der Waals surface area contributed by atoms with Gasteiger partial charge in [0.1, 0.15) is 0 Å². The molecular formula is C22H24N6O4S. The summed E-state index contributed by atoms with van der Waals surface area (Å²) in [6.45, 7) is 4.85. The highest BCUT2D eigenvalue weighted by Crippen LogP contribution is 2.29. The molecule has 0 radical (unpaired) electrons. The predicted octanol–water partition coefficient (Wildman–Crippen LogP) is 3.86. The number of pyridine rings is 1. The van der Waals surface area contributed by atoms with Crippen LogP contribution in [0, 0.1) is 17.0 Å². The number of hydrogen-bond acceptors (Lipinski definition) is 8. The van der Waals surface area contributed by atoms with Crippen LogP contribution in [0.5, 0.6) is 0 Å². The molecule has 0 spiro atoms. The Labute approximate surface area is 194 Å². The summed E-state index contributed by atoms with van der Waals surface area (Å²) in [5.41, 5.74) is 2.03. The van der Waals surface area contributed by atoms with Crippen LogP contribution in [-0.4, -0.2) is 48.5 Å². The Balaban J connectivity index is 1.52. The maximum atomic E-state index is 12.9. The van der Waals surface area contributed by atoms with Crippen LogP contribution >= 0.6 is 11.8 Å². The van der Waals surface area contributed by atoms with E-state index in [4.69, 9.17) is 4.74 Å². The number of nitrogens with one attached hydrogen (secondary N) is 1. The topological polar surface area (TPSA) is 125 Å². The fraction of sp³-hybridized carbons (Fsp3) is 0.364. The van der Waals surface area contributed by atoms with Crippen LogP contribution in [0.4, 0.5) is 11.4 Å². The number of aromatic nitrogens is 4. The summed E-state index contributed by atoms with van der Waals surface area (Å²) in [4.78, 5) is 27.4. The summed E-state index contributed by atoms with van der Waals surface area (Å²) in [5, 5.41) is 22.7. The Morgan fingerprint density at radius 3 is 2.79 bits per heavy atom. The van der Waals surface area contributed by atoms with Crippen LogP contribution < -0.4 is 5.32 Å². The van der Waals surface area contributed by atoms with Gasteiger partial charge in [-0.3, -0.25) is 24.5 Å². The lowest BCUT2D eigenvalue weighted by atomic mass is 10.2. The van der Waals surface area contributed by atoms with Gasteiger partial charge in [0.25, 0.3) is 5.69 Å². The van der Waals surface area contributed by atoms with Crippen molar-refractivity contribution >= 4 is 29.0 Å². The second-order valence-corrected chi connectivity index (χ2v) is 9.10. The Morgan fingerprint density at radius 2 is 2.12 bits per heavy atom. The van der Waals surface area contributed by atoms with E-state index in [0.717, 1.165) is 25.0 Å². The number of non-ortho nitro benzene ring substituents is 1. The molecule has 1 saturated heterocycles. The van der Waals surface area contributed by atoms with E-state index >= 15 is 0 Å². The molecule has 2 atom stereocenters. The van der Waals surface area contributed by atoms with Gasteiger partial charge in [0.2, 0.25) is 5.91 Å². The van der Waals surface area contributed by atoms with E-state index in [1.165, 1.54) is 23.9 Å². The number of nitro benzene ring substituents is 1. The molecule has 2 aromatic heterocycles. The lowest BCUT2D eigenvalue weighted by Gasteiger charge is -2.17. The Kier molecular flexibility index (Phi) is 6.99. The lowest BCUT2D eigenvalue weighted by molar-refractivity contribution is -0.384. The number of carbonyl (C=O) groups is 1. The van der Waals surface area contributed by atoms with Crippen LogP contribution in [0.3, 0.4) is 0 Å². The monoisotopic (exact) mass is 468 g/mol. The highest BCUT2D eigenvalue weighted by Gasteiger charge is 2.25. The molecule has 0 bridgehead atoms. The summed E-state index contributed by atoms with van der Waals surface area (Å²) >= 11 is 1.31. The second-order valence-electron chi connectivity index (χ2n) is 7.79. The zero-order valence-corrected chi connectivity index (χ0v) is 19.1. The van der Waals surface area contributed by atoms with Crippen molar-refractivity contribution in [2.45, 2.75) is 49.7 Å². The van der Waals surface area contributed by atoms with Crippen LogP contribution in [0.1, 0.15) is 25.3 Å². The maximum Gasteiger partial charge on any atom is 0.269 e. The molecule has 1 amide bonds. The average Bonchev–Trinajstić information content (AvgIpc) is 3.46. The van der Waals surface area contributed by atoms with Gasteiger partial charge in [-0.2, -0.15) is 0 Å². The predicted molar refractivity (Wildman–Crippen MR) is 124 cm³/mol. The molecule has 11 heteroatoms. The molecule has 3 aromatic rings. The van der Waals surface area contributed by atoms with E-state index in [2.05, 4.69) is 20.5 Å². The van der Waals surface area contributed by atoms with E-state index in [9.17, 15) is 14.9 Å². The van der Waals surface area contributed by atoms with E-state index in [-0.39, 0.29) is 17.7 Å². The number of thioether (sulfide) groups is 1. The molecule has 172 valence electrons. The molecule has 3 heterocycles. The van der Waals surface area contributed by atoms with E-state index in [0.29, 0.717) is 28.8 Å². The molecule has 1 aliphatic rings. The highest BCUT2D eigenvalue weighted by molar-refractivity contribution is 8.00. The molecule has 0 aliphatic carbocycles. The number of amides is 1. The Hall–Kier alpha value is -3.31. The van der Waals surface area contributed by atoms with Gasteiger partial charge >= 0.3 is 0 Å². The van der Waals surface area contributed by atoms with Crippen molar-refractivity contribution in [3.8, 4) is 11.4 Å². The Bertz CT molecular complexity index is 1150. The molecule has 1 aliphatic heterocycles. The van der Waals surface area contributed by atoms with Crippen molar-refractivity contribution in [1.82, 2.24) is 19.7 Å². The number of benzene rings is 1. The molecule has 33 heavy (non-hydrogen) atoms. The zero-order valence-electron chi connectivity index (χ0n) is 18.3. The second kappa shape index (κ2) is 10.1. The van der Waals surface area contributed by atoms with Gasteiger partial charge in [-0.25, -0.2) is 0 Å². The largest absolute Gasteiger partial charge is 0.376 e. The van der Waals surface area contributed by atoms with Crippen molar-refractivity contribution in [3.05, 3.63) is 58.4 Å². The van der Waals surface area contributed by atoms with Crippen molar-refractivity contribution in [2.24, 2.45) is 0 Å². The number of aryl methyl sites for hydroxylation is 1. The van der Waals surface area contributed by atoms with Crippen molar-refractivity contribution in [2.75, 3.05) is 11.9 Å². The van der Waals surface area contributed by atoms with Crippen molar-refractivity contribution < 1.29 is 14.5 Å². The number of rotatable bonds is 8. The number of ether oxygens (including phenoxy) is 1. The third-order valence-corrected chi connectivity index (χ3v) is 6.48. The standard InChI is InChI=1S/C22H24N6O4S/c1-14-12-17(28(30)31)5-6-19(14)24-21(29)15(2)33-22-26-25-20(16-7-9-23-10-8-16)27(22)13-18-4-3-11-32-18/h5-10,12,15,18H,3-4,11,13H2,1-2H3,(H,24,29)/t15-,18+/m0/s1. The third kappa shape index (κ3) is 5.37. The Morgan fingerprint density at radius 1 is 1.33 bits per heavy atom.